The Morgan fingerprint density at radius 1 is 1.08 bits per heavy atom. The molecule has 0 heterocycles. The molecule has 0 N–H and O–H groups in total. The second kappa shape index (κ2) is 4.00. The highest BCUT2D eigenvalue weighted by Crippen LogP contribution is 2.17. The molecular formula is C10H13O2. The van der Waals surface area contributed by atoms with Gasteiger partial charge < -0.3 is 9.47 Å². The maximum atomic E-state index is 5.44. The molecule has 0 unspecified atom stereocenters. The summed E-state index contributed by atoms with van der Waals surface area (Å²) in [6.45, 7) is 3.98. The lowest BCUT2D eigenvalue weighted by molar-refractivity contribution is 0.242. The lowest BCUT2D eigenvalue weighted by atomic mass is 10.3. The number of rotatable bonds is 3. The zero-order chi connectivity index (χ0) is 8.97. The minimum Gasteiger partial charge on any atom is -0.491 e. The van der Waals surface area contributed by atoms with Crippen molar-refractivity contribution in [2.45, 2.75) is 20.0 Å². The summed E-state index contributed by atoms with van der Waals surface area (Å²) in [5, 5.41) is 0. The van der Waals surface area contributed by atoms with Crippen molar-refractivity contribution in [3.8, 4) is 11.5 Å². The predicted octanol–water partition coefficient (Wildman–Crippen LogP) is 2.64. The van der Waals surface area contributed by atoms with Crippen LogP contribution < -0.4 is 9.47 Å². The van der Waals surface area contributed by atoms with Crippen molar-refractivity contribution in [3.05, 3.63) is 31.4 Å². The first kappa shape index (κ1) is 8.91. The van der Waals surface area contributed by atoms with Gasteiger partial charge in [0.25, 0.3) is 0 Å². The van der Waals surface area contributed by atoms with Crippen LogP contribution in [0.1, 0.15) is 13.8 Å². The molecule has 65 valence electrons. The van der Waals surface area contributed by atoms with Gasteiger partial charge >= 0.3 is 0 Å². The fourth-order valence-corrected chi connectivity index (χ4v) is 0.887. The van der Waals surface area contributed by atoms with Crippen LogP contribution >= 0.6 is 0 Å². The van der Waals surface area contributed by atoms with Gasteiger partial charge in [0.05, 0.1) is 6.10 Å². The highest BCUT2D eigenvalue weighted by atomic mass is 16.5. The standard InChI is InChI=1S/C10H13O2/c1-8(2)12-10-6-4-9(11-3)5-7-10/h4-8H,3H2,1-2H3. The average Bonchev–Trinajstić information content (AvgIpc) is 2.05. The van der Waals surface area contributed by atoms with Gasteiger partial charge in [-0.15, -0.1) is 0 Å². The first-order valence-electron chi connectivity index (χ1n) is 3.91. The third-order valence-corrected chi connectivity index (χ3v) is 1.36. The minimum absolute atomic E-state index is 0.205. The molecule has 1 radical (unpaired) electrons. The molecule has 0 aromatic heterocycles. The van der Waals surface area contributed by atoms with E-state index in [1.54, 1.807) is 0 Å². The third-order valence-electron chi connectivity index (χ3n) is 1.36. The fraction of sp³-hybridized carbons (Fsp3) is 0.300. The first-order chi connectivity index (χ1) is 5.72. The van der Waals surface area contributed by atoms with Gasteiger partial charge in [0.1, 0.15) is 18.6 Å². The Labute approximate surface area is 73.1 Å². The first-order valence-corrected chi connectivity index (χ1v) is 3.91. The van der Waals surface area contributed by atoms with E-state index in [4.69, 9.17) is 9.47 Å². The normalized spacial score (nSPS) is 10.0. The van der Waals surface area contributed by atoms with Crippen LogP contribution in [0.5, 0.6) is 11.5 Å². The zero-order valence-corrected chi connectivity index (χ0v) is 7.41. The van der Waals surface area contributed by atoms with Crippen LogP contribution in [-0.2, 0) is 0 Å². The molecule has 2 heteroatoms. The average molecular weight is 165 g/mol. The van der Waals surface area contributed by atoms with Gasteiger partial charge in [0, 0.05) is 0 Å². The zero-order valence-electron chi connectivity index (χ0n) is 7.41. The molecule has 0 spiro atoms. The Hall–Kier alpha value is -1.18. The maximum Gasteiger partial charge on any atom is 0.122 e. The van der Waals surface area contributed by atoms with Crippen molar-refractivity contribution < 1.29 is 9.47 Å². The topological polar surface area (TPSA) is 18.5 Å². The second-order valence-corrected chi connectivity index (χ2v) is 2.78. The Bertz CT molecular complexity index is 226. The van der Waals surface area contributed by atoms with E-state index in [1.807, 2.05) is 38.1 Å². The summed E-state index contributed by atoms with van der Waals surface area (Å²) in [6.07, 6.45) is 0.205. The van der Waals surface area contributed by atoms with Gasteiger partial charge in [-0.25, -0.2) is 0 Å². The van der Waals surface area contributed by atoms with E-state index in [0.29, 0.717) is 0 Å². The predicted molar refractivity (Wildman–Crippen MR) is 48.2 cm³/mol. The van der Waals surface area contributed by atoms with Gasteiger partial charge in [-0.1, -0.05) is 0 Å². The largest absolute Gasteiger partial charge is 0.491 e. The Kier molecular flexibility index (Phi) is 2.97. The molecule has 0 aliphatic carbocycles. The molecule has 0 fully saturated rings. The van der Waals surface area contributed by atoms with Crippen molar-refractivity contribution in [2.75, 3.05) is 0 Å². The SMILES string of the molecule is [CH2]Oc1ccc(OC(C)C)cc1. The molecule has 12 heavy (non-hydrogen) atoms. The van der Waals surface area contributed by atoms with Gasteiger partial charge in [-0.05, 0) is 38.1 Å². The number of hydrogen-bond acceptors (Lipinski definition) is 2. The van der Waals surface area contributed by atoms with Crippen molar-refractivity contribution in [3.63, 3.8) is 0 Å². The third kappa shape index (κ3) is 2.46. The van der Waals surface area contributed by atoms with Crippen LogP contribution in [0.3, 0.4) is 0 Å². The Morgan fingerprint density at radius 2 is 1.58 bits per heavy atom. The van der Waals surface area contributed by atoms with Crippen molar-refractivity contribution in [2.24, 2.45) is 0 Å². The molecule has 2 nitrogen and oxygen atoms in total. The molecule has 0 bridgehead atoms. The molecule has 0 aliphatic heterocycles. The molecule has 0 amide bonds. The van der Waals surface area contributed by atoms with Gasteiger partial charge in [-0.3, -0.25) is 0 Å². The van der Waals surface area contributed by atoms with E-state index in [9.17, 15) is 0 Å². The van der Waals surface area contributed by atoms with E-state index in [0.717, 1.165) is 11.5 Å². The van der Waals surface area contributed by atoms with Crippen LogP contribution in [0, 0.1) is 7.11 Å². The minimum atomic E-state index is 0.205. The molecule has 0 aliphatic rings. The van der Waals surface area contributed by atoms with E-state index >= 15 is 0 Å². The van der Waals surface area contributed by atoms with Crippen LogP contribution in [-0.4, -0.2) is 6.10 Å². The van der Waals surface area contributed by atoms with Crippen molar-refractivity contribution >= 4 is 0 Å². The summed E-state index contributed by atoms with van der Waals surface area (Å²) in [4.78, 5) is 0. The van der Waals surface area contributed by atoms with E-state index in [-0.39, 0.29) is 6.10 Å². The van der Waals surface area contributed by atoms with Crippen LogP contribution in [0.2, 0.25) is 0 Å². The lowest BCUT2D eigenvalue weighted by Gasteiger charge is -2.09. The Balaban J connectivity index is 2.65. The van der Waals surface area contributed by atoms with E-state index in [1.165, 1.54) is 0 Å². The molecule has 0 atom stereocenters. The summed E-state index contributed by atoms with van der Waals surface area (Å²) >= 11 is 0. The van der Waals surface area contributed by atoms with E-state index < -0.39 is 0 Å². The number of hydrogen-bond donors (Lipinski definition) is 0. The van der Waals surface area contributed by atoms with Crippen molar-refractivity contribution in [1.82, 2.24) is 0 Å². The summed E-state index contributed by atoms with van der Waals surface area (Å²) < 4.78 is 10.2. The monoisotopic (exact) mass is 165 g/mol. The second-order valence-electron chi connectivity index (χ2n) is 2.78. The maximum absolute atomic E-state index is 5.44. The van der Waals surface area contributed by atoms with Crippen LogP contribution in [0.25, 0.3) is 0 Å². The Morgan fingerprint density at radius 3 is 2.00 bits per heavy atom. The number of ether oxygens (including phenoxy) is 2. The highest BCUT2D eigenvalue weighted by Gasteiger charge is 1.96. The quantitative estimate of drug-likeness (QED) is 0.685. The van der Waals surface area contributed by atoms with Gasteiger partial charge in [-0.2, -0.15) is 0 Å². The number of benzene rings is 1. The highest BCUT2D eigenvalue weighted by molar-refractivity contribution is 5.31. The molecular weight excluding hydrogens is 152 g/mol. The van der Waals surface area contributed by atoms with Crippen molar-refractivity contribution in [1.29, 1.82) is 0 Å². The summed E-state index contributed by atoms with van der Waals surface area (Å²) in [7, 11) is 3.31. The summed E-state index contributed by atoms with van der Waals surface area (Å²) in [6, 6.07) is 7.37. The van der Waals surface area contributed by atoms with E-state index in [2.05, 4.69) is 7.11 Å². The molecule has 1 aromatic rings. The smallest absolute Gasteiger partial charge is 0.122 e. The molecule has 0 saturated heterocycles. The van der Waals surface area contributed by atoms with Crippen LogP contribution in [0.4, 0.5) is 0 Å². The van der Waals surface area contributed by atoms with Gasteiger partial charge in [0.2, 0.25) is 0 Å². The summed E-state index contributed by atoms with van der Waals surface area (Å²) in [5.41, 5.74) is 0. The molecule has 1 rings (SSSR count). The van der Waals surface area contributed by atoms with Crippen LogP contribution in [0.15, 0.2) is 24.3 Å². The molecule has 0 saturated carbocycles. The lowest BCUT2D eigenvalue weighted by Crippen LogP contribution is -2.04. The molecule has 1 aromatic carbocycles. The van der Waals surface area contributed by atoms with Gasteiger partial charge in [0.15, 0.2) is 0 Å². The summed E-state index contributed by atoms with van der Waals surface area (Å²) in [5.74, 6) is 1.59. The fourth-order valence-electron chi connectivity index (χ4n) is 0.887.